The summed E-state index contributed by atoms with van der Waals surface area (Å²) in [6, 6.07) is 6.52. The van der Waals surface area contributed by atoms with E-state index in [0.29, 0.717) is 23.6 Å². The van der Waals surface area contributed by atoms with E-state index in [2.05, 4.69) is 11.9 Å². The number of rotatable bonds is 8. The van der Waals surface area contributed by atoms with Crippen LogP contribution in [0.2, 0.25) is 5.02 Å². The Kier molecular flexibility index (Phi) is 6.56. The number of aliphatic hydroxyl groups excluding tert-OH is 1. The van der Waals surface area contributed by atoms with Gasteiger partial charge in [-0.1, -0.05) is 29.8 Å². The quantitative estimate of drug-likeness (QED) is 0.641. The second-order valence-electron chi connectivity index (χ2n) is 4.23. The average molecular weight is 284 g/mol. The second kappa shape index (κ2) is 7.94. The molecule has 4 nitrogen and oxygen atoms in total. The van der Waals surface area contributed by atoms with Gasteiger partial charge in [-0.3, -0.25) is 4.79 Å². The van der Waals surface area contributed by atoms with Crippen LogP contribution in [-0.2, 0) is 4.79 Å². The van der Waals surface area contributed by atoms with Crippen molar-refractivity contribution in [2.75, 3.05) is 6.54 Å². The zero-order valence-corrected chi connectivity index (χ0v) is 11.3. The summed E-state index contributed by atoms with van der Waals surface area (Å²) >= 11 is 5.79. The molecule has 0 saturated carbocycles. The summed E-state index contributed by atoms with van der Waals surface area (Å²) in [5.41, 5.74) is 0.705. The van der Waals surface area contributed by atoms with Gasteiger partial charge in [0.05, 0.1) is 6.10 Å². The van der Waals surface area contributed by atoms with E-state index in [0.717, 1.165) is 0 Å². The Hall–Kier alpha value is -1.36. The van der Waals surface area contributed by atoms with Crippen LogP contribution in [0, 0.1) is 0 Å². The summed E-state index contributed by atoms with van der Waals surface area (Å²) in [7, 11) is 0. The molecule has 0 heterocycles. The molecule has 1 aromatic carbocycles. The Labute approximate surface area is 117 Å². The maximum absolute atomic E-state index is 10.6. The van der Waals surface area contributed by atoms with E-state index in [4.69, 9.17) is 16.7 Å². The predicted octanol–water partition coefficient (Wildman–Crippen LogP) is 2.38. The number of nitrogens with one attached hydrogen (secondary N) is 1. The Bertz CT molecular complexity index is 419. The van der Waals surface area contributed by atoms with E-state index in [-0.39, 0.29) is 12.5 Å². The van der Waals surface area contributed by atoms with E-state index < -0.39 is 12.1 Å². The van der Waals surface area contributed by atoms with Gasteiger partial charge in [-0.15, -0.1) is 6.58 Å². The molecule has 0 radical (unpaired) electrons. The molecular formula is C14H18ClNO3. The first-order valence-electron chi connectivity index (χ1n) is 6.04. The lowest BCUT2D eigenvalue weighted by atomic mass is 9.98. The predicted molar refractivity (Wildman–Crippen MR) is 75.3 cm³/mol. The number of carbonyl (C=O) groups is 1. The van der Waals surface area contributed by atoms with Crippen LogP contribution >= 0.6 is 11.6 Å². The number of aliphatic hydroxyl groups is 1. The Morgan fingerprint density at radius 2 is 2.05 bits per heavy atom. The topological polar surface area (TPSA) is 69.6 Å². The zero-order valence-electron chi connectivity index (χ0n) is 10.6. The smallest absolute Gasteiger partial charge is 0.303 e. The highest BCUT2D eigenvalue weighted by Gasteiger charge is 2.20. The number of hydrogen-bond acceptors (Lipinski definition) is 3. The number of aliphatic carboxylic acids is 1. The molecule has 3 N–H and O–H groups in total. The minimum atomic E-state index is -0.881. The highest BCUT2D eigenvalue weighted by molar-refractivity contribution is 6.30. The van der Waals surface area contributed by atoms with Crippen molar-refractivity contribution in [1.82, 2.24) is 5.32 Å². The standard InChI is InChI=1S/C14H18ClNO3/c1-2-9-16-12(7-8-13(17)18)14(19)10-3-5-11(15)6-4-10/h2-6,12,14,16,19H,1,7-9H2,(H,17,18). The molecule has 0 spiro atoms. The third-order valence-electron chi connectivity index (χ3n) is 2.79. The van der Waals surface area contributed by atoms with Gasteiger partial charge in [0.2, 0.25) is 0 Å². The van der Waals surface area contributed by atoms with Gasteiger partial charge in [0, 0.05) is 24.0 Å². The molecule has 2 atom stereocenters. The molecule has 2 unspecified atom stereocenters. The molecule has 0 aliphatic heterocycles. The van der Waals surface area contributed by atoms with E-state index in [1.54, 1.807) is 30.3 Å². The molecule has 0 amide bonds. The molecule has 0 aromatic heterocycles. The fraction of sp³-hybridized carbons (Fsp3) is 0.357. The normalized spacial score (nSPS) is 13.8. The first kappa shape index (κ1) is 15.7. The highest BCUT2D eigenvalue weighted by Crippen LogP contribution is 2.21. The van der Waals surface area contributed by atoms with E-state index >= 15 is 0 Å². The summed E-state index contributed by atoms with van der Waals surface area (Å²) in [4.78, 5) is 10.6. The van der Waals surface area contributed by atoms with Crippen LogP contribution in [0.15, 0.2) is 36.9 Å². The van der Waals surface area contributed by atoms with Crippen LogP contribution < -0.4 is 5.32 Å². The lowest BCUT2D eigenvalue weighted by Gasteiger charge is -2.23. The largest absolute Gasteiger partial charge is 0.481 e. The SMILES string of the molecule is C=CCNC(CCC(=O)O)C(O)c1ccc(Cl)cc1. The van der Waals surface area contributed by atoms with Crippen LogP contribution in [0.25, 0.3) is 0 Å². The van der Waals surface area contributed by atoms with Gasteiger partial charge in [0.15, 0.2) is 0 Å². The molecule has 0 fully saturated rings. The summed E-state index contributed by atoms with van der Waals surface area (Å²) in [5.74, 6) is -0.881. The van der Waals surface area contributed by atoms with Gasteiger partial charge >= 0.3 is 5.97 Å². The van der Waals surface area contributed by atoms with Crippen molar-refractivity contribution in [3.05, 3.63) is 47.5 Å². The number of hydrogen-bond donors (Lipinski definition) is 3. The average Bonchev–Trinajstić information content (AvgIpc) is 2.39. The van der Waals surface area contributed by atoms with Crippen LogP contribution in [0.3, 0.4) is 0 Å². The summed E-state index contributed by atoms with van der Waals surface area (Å²) in [6.07, 6.45) is 1.23. The van der Waals surface area contributed by atoms with Gasteiger partial charge in [0.25, 0.3) is 0 Å². The van der Waals surface area contributed by atoms with E-state index in [1.807, 2.05) is 0 Å². The third kappa shape index (κ3) is 5.42. The van der Waals surface area contributed by atoms with Crippen molar-refractivity contribution in [2.45, 2.75) is 25.0 Å². The van der Waals surface area contributed by atoms with Crippen molar-refractivity contribution in [2.24, 2.45) is 0 Å². The molecule has 1 rings (SSSR count). The van der Waals surface area contributed by atoms with E-state index in [9.17, 15) is 9.90 Å². The lowest BCUT2D eigenvalue weighted by molar-refractivity contribution is -0.137. The zero-order chi connectivity index (χ0) is 14.3. The highest BCUT2D eigenvalue weighted by atomic mass is 35.5. The lowest BCUT2D eigenvalue weighted by Crippen LogP contribution is -2.35. The maximum atomic E-state index is 10.6. The molecule has 0 saturated heterocycles. The molecule has 5 heteroatoms. The summed E-state index contributed by atoms with van der Waals surface area (Å²) in [5, 5.41) is 22.7. The van der Waals surface area contributed by atoms with Crippen molar-refractivity contribution < 1.29 is 15.0 Å². The second-order valence-corrected chi connectivity index (χ2v) is 4.67. The minimum Gasteiger partial charge on any atom is -0.481 e. The van der Waals surface area contributed by atoms with Crippen molar-refractivity contribution in [3.63, 3.8) is 0 Å². The number of halogens is 1. The van der Waals surface area contributed by atoms with Gasteiger partial charge < -0.3 is 15.5 Å². The van der Waals surface area contributed by atoms with Gasteiger partial charge in [0.1, 0.15) is 0 Å². The Morgan fingerprint density at radius 3 is 2.58 bits per heavy atom. The fourth-order valence-electron chi connectivity index (χ4n) is 1.78. The monoisotopic (exact) mass is 283 g/mol. The van der Waals surface area contributed by atoms with Gasteiger partial charge in [-0.25, -0.2) is 0 Å². The number of carboxylic acids is 1. The van der Waals surface area contributed by atoms with Gasteiger partial charge in [-0.2, -0.15) is 0 Å². The van der Waals surface area contributed by atoms with Crippen LogP contribution in [0.5, 0.6) is 0 Å². The van der Waals surface area contributed by atoms with Crippen LogP contribution in [-0.4, -0.2) is 28.8 Å². The minimum absolute atomic E-state index is 0.000536. The molecule has 0 bridgehead atoms. The summed E-state index contributed by atoms with van der Waals surface area (Å²) < 4.78 is 0. The van der Waals surface area contributed by atoms with E-state index in [1.165, 1.54) is 0 Å². The number of benzene rings is 1. The fourth-order valence-corrected chi connectivity index (χ4v) is 1.90. The maximum Gasteiger partial charge on any atom is 0.303 e. The Balaban J connectivity index is 2.73. The molecule has 0 aliphatic carbocycles. The Morgan fingerprint density at radius 1 is 1.42 bits per heavy atom. The van der Waals surface area contributed by atoms with Gasteiger partial charge in [-0.05, 0) is 24.1 Å². The summed E-state index contributed by atoms with van der Waals surface area (Å²) in [6.45, 7) is 4.10. The molecular weight excluding hydrogens is 266 g/mol. The first-order chi connectivity index (χ1) is 9.04. The van der Waals surface area contributed by atoms with Crippen LogP contribution in [0.1, 0.15) is 24.5 Å². The van der Waals surface area contributed by atoms with Crippen molar-refractivity contribution in [1.29, 1.82) is 0 Å². The molecule has 0 aliphatic rings. The molecule has 19 heavy (non-hydrogen) atoms. The first-order valence-corrected chi connectivity index (χ1v) is 6.42. The third-order valence-corrected chi connectivity index (χ3v) is 3.04. The molecule has 1 aromatic rings. The van der Waals surface area contributed by atoms with Crippen LogP contribution in [0.4, 0.5) is 0 Å². The number of carboxylic acid groups (broad SMARTS) is 1. The van der Waals surface area contributed by atoms with Crippen molar-refractivity contribution >= 4 is 17.6 Å². The van der Waals surface area contributed by atoms with Crippen molar-refractivity contribution in [3.8, 4) is 0 Å². The molecule has 104 valence electrons.